The Morgan fingerprint density at radius 1 is 1.25 bits per heavy atom. The molecule has 1 atom stereocenters. The highest BCUT2D eigenvalue weighted by molar-refractivity contribution is 6.03. The van der Waals surface area contributed by atoms with Gasteiger partial charge in [-0.15, -0.1) is 0 Å². The first kappa shape index (κ1) is 14.3. The van der Waals surface area contributed by atoms with E-state index in [4.69, 9.17) is 5.73 Å². The minimum Gasteiger partial charge on any atom is -0.507 e. The molecule has 0 aliphatic heterocycles. The van der Waals surface area contributed by atoms with Crippen LogP contribution in [0.15, 0.2) is 36.4 Å². The van der Waals surface area contributed by atoms with Crippen molar-refractivity contribution in [2.45, 2.75) is 19.8 Å². The second kappa shape index (κ2) is 6.39. The van der Waals surface area contributed by atoms with E-state index in [0.717, 1.165) is 22.9 Å². The largest absolute Gasteiger partial charge is 0.507 e. The van der Waals surface area contributed by atoms with Gasteiger partial charge in [-0.05, 0) is 31.0 Å². The molecular formula is C16H20N2O2. The third kappa shape index (κ3) is 3.27. The highest BCUT2D eigenvalue weighted by Crippen LogP contribution is 2.29. The van der Waals surface area contributed by atoms with Crippen LogP contribution in [0.5, 0.6) is 5.75 Å². The lowest BCUT2D eigenvalue weighted by molar-refractivity contribution is -0.116. The summed E-state index contributed by atoms with van der Waals surface area (Å²) in [5.74, 6) is 0.536. The summed E-state index contributed by atoms with van der Waals surface area (Å²) in [5.41, 5.74) is 6.27. The van der Waals surface area contributed by atoms with Crippen LogP contribution in [0.3, 0.4) is 0 Å². The van der Waals surface area contributed by atoms with Crippen molar-refractivity contribution in [2.75, 3.05) is 11.9 Å². The Morgan fingerprint density at radius 3 is 2.70 bits per heavy atom. The van der Waals surface area contributed by atoms with E-state index in [2.05, 4.69) is 5.32 Å². The summed E-state index contributed by atoms with van der Waals surface area (Å²) in [6, 6.07) is 10.8. The molecule has 2 aromatic rings. The molecule has 106 valence electrons. The van der Waals surface area contributed by atoms with Gasteiger partial charge in [0.2, 0.25) is 5.91 Å². The van der Waals surface area contributed by atoms with Crippen LogP contribution in [0.1, 0.15) is 19.8 Å². The van der Waals surface area contributed by atoms with Gasteiger partial charge >= 0.3 is 0 Å². The summed E-state index contributed by atoms with van der Waals surface area (Å²) < 4.78 is 0. The van der Waals surface area contributed by atoms with E-state index in [-0.39, 0.29) is 11.7 Å². The zero-order valence-electron chi connectivity index (χ0n) is 11.6. The summed E-state index contributed by atoms with van der Waals surface area (Å²) >= 11 is 0. The molecule has 0 radical (unpaired) electrons. The zero-order valence-corrected chi connectivity index (χ0v) is 11.6. The van der Waals surface area contributed by atoms with Gasteiger partial charge in [0, 0.05) is 22.9 Å². The van der Waals surface area contributed by atoms with Crippen LogP contribution in [0, 0.1) is 5.92 Å². The third-order valence-corrected chi connectivity index (χ3v) is 3.44. The molecule has 4 heteroatoms. The van der Waals surface area contributed by atoms with Gasteiger partial charge in [-0.2, -0.15) is 0 Å². The standard InChI is InChI=1S/C16H20N2O2/c1-11(10-17)8-9-16(20)18-14-6-2-5-13-12(14)4-3-7-15(13)19/h2-7,11,19H,8-10,17H2,1H3,(H,18,20). The molecule has 4 N–H and O–H groups in total. The van der Waals surface area contributed by atoms with Gasteiger partial charge in [-0.1, -0.05) is 31.2 Å². The van der Waals surface area contributed by atoms with Gasteiger partial charge < -0.3 is 16.2 Å². The first-order chi connectivity index (χ1) is 9.61. The van der Waals surface area contributed by atoms with Crippen molar-refractivity contribution in [3.63, 3.8) is 0 Å². The number of anilines is 1. The fourth-order valence-electron chi connectivity index (χ4n) is 2.11. The van der Waals surface area contributed by atoms with E-state index < -0.39 is 0 Å². The summed E-state index contributed by atoms with van der Waals surface area (Å²) in [6.45, 7) is 2.62. The number of rotatable bonds is 5. The first-order valence-electron chi connectivity index (χ1n) is 6.82. The van der Waals surface area contributed by atoms with Crippen molar-refractivity contribution >= 4 is 22.4 Å². The summed E-state index contributed by atoms with van der Waals surface area (Å²) in [5, 5.41) is 14.3. The Hall–Kier alpha value is -2.07. The maximum atomic E-state index is 11.9. The van der Waals surface area contributed by atoms with Crippen molar-refractivity contribution in [1.82, 2.24) is 0 Å². The second-order valence-electron chi connectivity index (χ2n) is 5.11. The van der Waals surface area contributed by atoms with Crippen LogP contribution < -0.4 is 11.1 Å². The van der Waals surface area contributed by atoms with Crippen LogP contribution in [0.25, 0.3) is 10.8 Å². The van der Waals surface area contributed by atoms with Crippen molar-refractivity contribution in [2.24, 2.45) is 11.7 Å². The smallest absolute Gasteiger partial charge is 0.224 e. The molecule has 2 aromatic carbocycles. The maximum absolute atomic E-state index is 11.9. The van der Waals surface area contributed by atoms with Crippen LogP contribution in [-0.2, 0) is 4.79 Å². The third-order valence-electron chi connectivity index (χ3n) is 3.44. The van der Waals surface area contributed by atoms with Crippen molar-refractivity contribution in [3.8, 4) is 5.75 Å². The Kier molecular flexibility index (Phi) is 4.58. The quantitative estimate of drug-likeness (QED) is 0.783. The molecule has 2 rings (SSSR count). The predicted molar refractivity (Wildman–Crippen MR) is 81.7 cm³/mol. The molecule has 0 aliphatic rings. The van der Waals surface area contributed by atoms with E-state index in [0.29, 0.717) is 18.9 Å². The molecule has 0 fully saturated rings. The van der Waals surface area contributed by atoms with E-state index in [1.165, 1.54) is 0 Å². The van der Waals surface area contributed by atoms with Gasteiger partial charge in [0.1, 0.15) is 5.75 Å². The number of hydrogen-bond donors (Lipinski definition) is 3. The number of aromatic hydroxyl groups is 1. The molecule has 0 aromatic heterocycles. The highest BCUT2D eigenvalue weighted by atomic mass is 16.3. The number of carbonyl (C=O) groups excluding carboxylic acids is 1. The van der Waals surface area contributed by atoms with Gasteiger partial charge in [-0.25, -0.2) is 0 Å². The Bertz CT molecular complexity index is 610. The summed E-state index contributed by atoms with van der Waals surface area (Å²) in [6.07, 6.45) is 1.23. The number of benzene rings is 2. The lowest BCUT2D eigenvalue weighted by Crippen LogP contribution is -2.16. The van der Waals surface area contributed by atoms with Crippen molar-refractivity contribution in [1.29, 1.82) is 0 Å². The van der Waals surface area contributed by atoms with Gasteiger partial charge in [0.25, 0.3) is 0 Å². The zero-order chi connectivity index (χ0) is 14.5. The van der Waals surface area contributed by atoms with E-state index in [9.17, 15) is 9.90 Å². The summed E-state index contributed by atoms with van der Waals surface area (Å²) in [4.78, 5) is 11.9. The van der Waals surface area contributed by atoms with Crippen LogP contribution in [0.2, 0.25) is 0 Å². The fraction of sp³-hybridized carbons (Fsp3) is 0.312. The lowest BCUT2D eigenvalue weighted by Gasteiger charge is -2.11. The molecular weight excluding hydrogens is 252 g/mol. The molecule has 1 amide bonds. The van der Waals surface area contributed by atoms with Crippen LogP contribution in [0.4, 0.5) is 5.69 Å². The summed E-state index contributed by atoms with van der Waals surface area (Å²) in [7, 11) is 0. The highest BCUT2D eigenvalue weighted by Gasteiger charge is 2.09. The normalized spacial score (nSPS) is 12.3. The second-order valence-corrected chi connectivity index (χ2v) is 5.11. The number of phenolic OH excluding ortho intramolecular Hbond substituents is 1. The molecule has 0 bridgehead atoms. The average molecular weight is 272 g/mol. The number of carbonyl (C=O) groups is 1. The average Bonchev–Trinajstić information content (AvgIpc) is 2.46. The molecule has 0 saturated carbocycles. The Balaban J connectivity index is 2.14. The number of phenols is 1. The number of nitrogens with one attached hydrogen (secondary N) is 1. The molecule has 20 heavy (non-hydrogen) atoms. The van der Waals surface area contributed by atoms with Gasteiger partial charge in [0.15, 0.2) is 0 Å². The van der Waals surface area contributed by atoms with Gasteiger partial charge in [0.05, 0.1) is 0 Å². The monoisotopic (exact) mass is 272 g/mol. The Morgan fingerprint density at radius 2 is 1.95 bits per heavy atom. The molecule has 0 spiro atoms. The first-order valence-corrected chi connectivity index (χ1v) is 6.82. The van der Waals surface area contributed by atoms with E-state index in [1.807, 2.05) is 31.2 Å². The molecule has 0 saturated heterocycles. The van der Waals surface area contributed by atoms with E-state index in [1.54, 1.807) is 12.1 Å². The van der Waals surface area contributed by atoms with Crippen LogP contribution >= 0.6 is 0 Å². The molecule has 0 aliphatic carbocycles. The lowest BCUT2D eigenvalue weighted by atomic mass is 10.1. The number of fused-ring (bicyclic) bond motifs is 1. The number of hydrogen-bond acceptors (Lipinski definition) is 3. The van der Waals surface area contributed by atoms with Gasteiger partial charge in [-0.3, -0.25) is 4.79 Å². The minimum absolute atomic E-state index is 0.0267. The number of amides is 1. The Labute approximate surface area is 118 Å². The predicted octanol–water partition coefficient (Wildman–Crippen LogP) is 2.86. The van der Waals surface area contributed by atoms with E-state index >= 15 is 0 Å². The van der Waals surface area contributed by atoms with Crippen molar-refractivity contribution in [3.05, 3.63) is 36.4 Å². The molecule has 0 heterocycles. The fourth-order valence-corrected chi connectivity index (χ4v) is 2.11. The topological polar surface area (TPSA) is 75.4 Å². The molecule has 4 nitrogen and oxygen atoms in total. The van der Waals surface area contributed by atoms with Crippen molar-refractivity contribution < 1.29 is 9.90 Å². The minimum atomic E-state index is -0.0267. The number of nitrogens with two attached hydrogens (primary N) is 1. The van der Waals surface area contributed by atoms with Crippen LogP contribution in [-0.4, -0.2) is 17.6 Å². The maximum Gasteiger partial charge on any atom is 0.224 e. The molecule has 1 unspecified atom stereocenters. The SMILES string of the molecule is CC(CN)CCC(=O)Nc1cccc2c(O)cccc12.